The molecule has 0 radical (unpaired) electrons. The molecular formula is C29H34F2. The van der Waals surface area contributed by atoms with Crippen molar-refractivity contribution in [1.82, 2.24) is 0 Å². The lowest BCUT2D eigenvalue weighted by molar-refractivity contribution is 0.303. The van der Waals surface area contributed by atoms with Crippen LogP contribution in [0.5, 0.6) is 0 Å². The van der Waals surface area contributed by atoms with Gasteiger partial charge < -0.3 is 0 Å². The van der Waals surface area contributed by atoms with E-state index in [2.05, 4.69) is 31.2 Å². The second-order valence-electron chi connectivity index (χ2n) is 9.37. The first kappa shape index (κ1) is 22.0. The molecule has 0 amide bonds. The van der Waals surface area contributed by atoms with Gasteiger partial charge in [0.25, 0.3) is 0 Å². The minimum atomic E-state index is -0.787. The van der Waals surface area contributed by atoms with E-state index >= 15 is 0 Å². The molecule has 0 N–H and O–H groups in total. The number of hydrogen-bond donors (Lipinski definition) is 0. The SMILES string of the molecule is CCCCC[C@H]1CC[C@H](c2ccc(CCc3ccc4c(F)c(F)ccc4c3)cc2)CC1. The fourth-order valence-electron chi connectivity index (χ4n) is 5.18. The van der Waals surface area contributed by atoms with Gasteiger partial charge in [-0.25, -0.2) is 8.78 Å². The molecule has 0 unspecified atom stereocenters. The van der Waals surface area contributed by atoms with Crippen LogP contribution in [0.4, 0.5) is 8.78 Å². The summed E-state index contributed by atoms with van der Waals surface area (Å²) in [4.78, 5) is 0. The molecular weight excluding hydrogens is 386 g/mol. The van der Waals surface area contributed by atoms with Gasteiger partial charge >= 0.3 is 0 Å². The number of rotatable bonds is 8. The predicted molar refractivity (Wildman–Crippen MR) is 127 cm³/mol. The summed E-state index contributed by atoms with van der Waals surface area (Å²) in [5.41, 5.74) is 3.99. The lowest BCUT2D eigenvalue weighted by atomic mass is 9.77. The van der Waals surface area contributed by atoms with Gasteiger partial charge in [-0.3, -0.25) is 0 Å². The maximum absolute atomic E-state index is 13.9. The molecule has 0 spiro atoms. The Kier molecular flexibility index (Phi) is 7.37. The summed E-state index contributed by atoms with van der Waals surface area (Å²) in [6.45, 7) is 2.28. The fraction of sp³-hybridized carbons (Fsp3) is 0.448. The van der Waals surface area contributed by atoms with Crippen molar-refractivity contribution in [2.75, 3.05) is 0 Å². The maximum Gasteiger partial charge on any atom is 0.166 e. The molecule has 0 nitrogen and oxygen atoms in total. The van der Waals surface area contributed by atoms with E-state index < -0.39 is 11.6 Å². The van der Waals surface area contributed by atoms with Gasteiger partial charge in [-0.1, -0.05) is 81.1 Å². The fourth-order valence-corrected chi connectivity index (χ4v) is 5.18. The zero-order valence-corrected chi connectivity index (χ0v) is 18.7. The Labute approximate surface area is 185 Å². The van der Waals surface area contributed by atoms with E-state index in [-0.39, 0.29) is 0 Å². The van der Waals surface area contributed by atoms with Crippen LogP contribution in [-0.4, -0.2) is 0 Å². The highest BCUT2D eigenvalue weighted by Gasteiger charge is 2.22. The van der Waals surface area contributed by atoms with Crippen LogP contribution in [0.25, 0.3) is 10.8 Å². The second kappa shape index (κ2) is 10.4. The molecule has 1 aliphatic carbocycles. The summed E-state index contributed by atoms with van der Waals surface area (Å²) in [6.07, 6.45) is 12.9. The number of halogens is 2. The molecule has 4 rings (SSSR count). The Bertz CT molecular complexity index is 982. The Hall–Kier alpha value is -2.22. The van der Waals surface area contributed by atoms with E-state index in [0.717, 1.165) is 35.6 Å². The lowest BCUT2D eigenvalue weighted by Crippen LogP contribution is -2.13. The van der Waals surface area contributed by atoms with Crippen LogP contribution in [0.15, 0.2) is 54.6 Å². The van der Waals surface area contributed by atoms with E-state index in [1.54, 1.807) is 12.1 Å². The summed E-state index contributed by atoms with van der Waals surface area (Å²) in [5, 5.41) is 1.12. The molecule has 0 atom stereocenters. The summed E-state index contributed by atoms with van der Waals surface area (Å²) in [5.74, 6) is 0.140. The zero-order chi connectivity index (χ0) is 21.6. The number of unbranched alkanes of at least 4 members (excludes halogenated alkanes) is 2. The highest BCUT2D eigenvalue weighted by atomic mass is 19.2. The Morgan fingerprint density at radius 2 is 1.48 bits per heavy atom. The van der Waals surface area contributed by atoms with Crippen LogP contribution < -0.4 is 0 Å². The number of fused-ring (bicyclic) bond motifs is 1. The zero-order valence-electron chi connectivity index (χ0n) is 18.7. The van der Waals surface area contributed by atoms with Crippen molar-refractivity contribution in [1.29, 1.82) is 0 Å². The minimum Gasteiger partial charge on any atom is -0.204 e. The van der Waals surface area contributed by atoms with E-state index in [0.29, 0.717) is 5.39 Å². The summed E-state index contributed by atoms with van der Waals surface area (Å²) in [7, 11) is 0. The maximum atomic E-state index is 13.9. The van der Waals surface area contributed by atoms with Crippen LogP contribution in [0.3, 0.4) is 0 Å². The Balaban J connectivity index is 1.30. The van der Waals surface area contributed by atoms with Gasteiger partial charge in [-0.05, 0) is 78.5 Å². The Morgan fingerprint density at radius 1 is 0.774 bits per heavy atom. The van der Waals surface area contributed by atoms with Crippen LogP contribution in [0.1, 0.15) is 80.9 Å². The number of hydrogen-bond acceptors (Lipinski definition) is 0. The second-order valence-corrected chi connectivity index (χ2v) is 9.37. The highest BCUT2D eigenvalue weighted by molar-refractivity contribution is 5.83. The van der Waals surface area contributed by atoms with Gasteiger partial charge in [0.1, 0.15) is 0 Å². The molecule has 2 heteroatoms. The lowest BCUT2D eigenvalue weighted by Gasteiger charge is -2.29. The van der Waals surface area contributed by atoms with E-state index in [4.69, 9.17) is 0 Å². The predicted octanol–water partition coefficient (Wildman–Crippen LogP) is 8.76. The summed E-state index contributed by atoms with van der Waals surface area (Å²) < 4.78 is 27.3. The average Bonchev–Trinajstić information content (AvgIpc) is 2.81. The third-order valence-electron chi connectivity index (χ3n) is 7.19. The van der Waals surface area contributed by atoms with Crippen LogP contribution in [-0.2, 0) is 12.8 Å². The summed E-state index contributed by atoms with van der Waals surface area (Å²) >= 11 is 0. The molecule has 1 fully saturated rings. The van der Waals surface area contributed by atoms with Gasteiger partial charge in [-0.2, -0.15) is 0 Å². The van der Waals surface area contributed by atoms with Gasteiger partial charge in [0.05, 0.1) is 0 Å². The van der Waals surface area contributed by atoms with Crippen LogP contribution in [0.2, 0.25) is 0 Å². The first-order valence-corrected chi connectivity index (χ1v) is 12.1. The minimum absolute atomic E-state index is 0.355. The quantitative estimate of drug-likeness (QED) is 0.319. The summed E-state index contributed by atoms with van der Waals surface area (Å²) in [6, 6.07) is 17.7. The van der Waals surface area contributed by atoms with Gasteiger partial charge in [-0.15, -0.1) is 0 Å². The molecule has 1 saturated carbocycles. The normalized spacial score (nSPS) is 19.1. The molecule has 164 valence electrons. The molecule has 3 aromatic carbocycles. The first-order chi connectivity index (χ1) is 15.1. The van der Waals surface area contributed by atoms with Gasteiger partial charge in [0.15, 0.2) is 11.6 Å². The molecule has 0 heterocycles. The molecule has 0 aromatic heterocycles. The molecule has 31 heavy (non-hydrogen) atoms. The van der Waals surface area contributed by atoms with E-state index in [1.165, 1.54) is 68.6 Å². The average molecular weight is 421 g/mol. The third-order valence-corrected chi connectivity index (χ3v) is 7.19. The Morgan fingerprint density at radius 3 is 2.23 bits per heavy atom. The van der Waals surface area contributed by atoms with Crippen molar-refractivity contribution in [3.63, 3.8) is 0 Å². The largest absolute Gasteiger partial charge is 0.204 e. The smallest absolute Gasteiger partial charge is 0.166 e. The molecule has 3 aromatic rings. The van der Waals surface area contributed by atoms with Gasteiger partial charge in [0, 0.05) is 5.39 Å². The molecule has 0 bridgehead atoms. The molecule has 0 saturated heterocycles. The van der Waals surface area contributed by atoms with Crippen molar-refractivity contribution in [2.24, 2.45) is 5.92 Å². The topological polar surface area (TPSA) is 0 Å². The molecule has 0 aliphatic heterocycles. The van der Waals surface area contributed by atoms with Crippen molar-refractivity contribution in [2.45, 2.75) is 77.0 Å². The highest BCUT2D eigenvalue weighted by Crippen LogP contribution is 2.37. The van der Waals surface area contributed by atoms with Gasteiger partial charge in [0.2, 0.25) is 0 Å². The van der Waals surface area contributed by atoms with Crippen molar-refractivity contribution >= 4 is 10.8 Å². The van der Waals surface area contributed by atoms with Crippen LogP contribution >= 0.6 is 0 Å². The van der Waals surface area contributed by atoms with Crippen LogP contribution in [0, 0.1) is 17.6 Å². The standard InChI is InChI=1S/C29H34F2/c1-2-3-4-5-21-8-13-24(14-9-21)25-15-10-22(11-16-25)6-7-23-12-18-27-26(20-23)17-19-28(30)29(27)31/h10-12,15-21,24H,2-9,13-14H2,1H3/t21-,24-. The van der Waals surface area contributed by atoms with Crippen molar-refractivity contribution < 1.29 is 8.78 Å². The van der Waals surface area contributed by atoms with Crippen molar-refractivity contribution in [3.8, 4) is 0 Å². The van der Waals surface area contributed by atoms with E-state index in [1.807, 2.05) is 12.1 Å². The number of aryl methyl sites for hydroxylation is 2. The number of benzene rings is 3. The third kappa shape index (κ3) is 5.53. The molecule has 1 aliphatic rings. The first-order valence-electron chi connectivity index (χ1n) is 12.1. The van der Waals surface area contributed by atoms with E-state index in [9.17, 15) is 8.78 Å². The monoisotopic (exact) mass is 420 g/mol. The van der Waals surface area contributed by atoms with Crippen molar-refractivity contribution in [3.05, 3.63) is 82.9 Å².